The fourth-order valence-corrected chi connectivity index (χ4v) is 4.11. The monoisotopic (exact) mass is 399 g/mol. The third kappa shape index (κ3) is 3.79. The van der Waals surface area contributed by atoms with Crippen molar-refractivity contribution in [3.63, 3.8) is 0 Å². The molecule has 7 nitrogen and oxygen atoms in total. The van der Waals surface area contributed by atoms with Crippen LogP contribution >= 0.6 is 0 Å². The molecule has 1 unspecified atom stereocenters. The van der Waals surface area contributed by atoms with Gasteiger partial charge < -0.3 is 10.2 Å². The Bertz CT molecular complexity index is 1220. The highest BCUT2D eigenvalue weighted by Gasteiger charge is 2.26. The Labute approximate surface area is 174 Å². The molecule has 1 aliphatic heterocycles. The van der Waals surface area contributed by atoms with Gasteiger partial charge in [-0.3, -0.25) is 4.79 Å². The lowest BCUT2D eigenvalue weighted by Crippen LogP contribution is -3.09. The Balaban J connectivity index is 1.22. The van der Waals surface area contributed by atoms with Crippen LogP contribution in [0.4, 0.5) is 0 Å². The second-order valence-electron chi connectivity index (χ2n) is 7.72. The van der Waals surface area contributed by atoms with E-state index >= 15 is 0 Å². The Kier molecular flexibility index (Phi) is 4.94. The quantitative estimate of drug-likeness (QED) is 0.496. The maximum Gasteiger partial charge on any atom is 0.244 e. The Morgan fingerprint density at radius 3 is 2.87 bits per heavy atom. The zero-order chi connectivity index (χ0) is 20.3. The number of fused-ring (bicyclic) bond motifs is 3. The molecule has 150 valence electrons. The average molecular weight is 399 g/mol. The Morgan fingerprint density at radius 2 is 1.97 bits per heavy atom. The Morgan fingerprint density at radius 1 is 1.13 bits per heavy atom. The zero-order valence-electron chi connectivity index (χ0n) is 16.5. The lowest BCUT2D eigenvalue weighted by molar-refractivity contribution is -0.901. The largest absolute Gasteiger partial charge is 0.344 e. The summed E-state index contributed by atoms with van der Waals surface area (Å²) in [4.78, 5) is 13.9. The number of carbonyl (C=O) groups is 1. The highest BCUT2D eigenvalue weighted by atomic mass is 16.1. The first-order chi connectivity index (χ1) is 14.8. The molecule has 1 aliphatic rings. The molecule has 2 aromatic heterocycles. The van der Waals surface area contributed by atoms with Gasteiger partial charge in [0.05, 0.1) is 25.3 Å². The van der Waals surface area contributed by atoms with E-state index in [2.05, 4.69) is 44.9 Å². The molecule has 2 atom stereocenters. The van der Waals surface area contributed by atoms with Crippen molar-refractivity contribution >= 4 is 28.4 Å². The predicted molar refractivity (Wildman–Crippen MR) is 115 cm³/mol. The number of benzene rings is 2. The summed E-state index contributed by atoms with van der Waals surface area (Å²) in [6.45, 7) is 3.00. The maximum absolute atomic E-state index is 12.4. The molecule has 0 saturated carbocycles. The molecule has 7 heteroatoms. The van der Waals surface area contributed by atoms with Gasteiger partial charge in [0.25, 0.3) is 0 Å². The van der Waals surface area contributed by atoms with Gasteiger partial charge in [-0.2, -0.15) is 9.61 Å². The molecule has 1 saturated heterocycles. The SMILES string of the molecule is O=C(/C=C/c1nnc2c3ccccc3cnn12)N[C@@H]1CC[NH+](Cc2ccccc2)C1. The van der Waals surface area contributed by atoms with E-state index in [0.717, 1.165) is 36.8 Å². The Hall–Kier alpha value is -3.58. The minimum atomic E-state index is -0.112. The van der Waals surface area contributed by atoms with Crippen LogP contribution in [0.15, 0.2) is 66.9 Å². The van der Waals surface area contributed by atoms with Crippen molar-refractivity contribution in [3.05, 3.63) is 78.3 Å². The van der Waals surface area contributed by atoms with Gasteiger partial charge in [-0.1, -0.05) is 54.6 Å². The highest BCUT2D eigenvalue weighted by molar-refractivity contribution is 5.94. The van der Waals surface area contributed by atoms with E-state index in [1.54, 1.807) is 16.8 Å². The molecule has 1 amide bonds. The number of carbonyl (C=O) groups excluding carboxylic acids is 1. The molecule has 1 fully saturated rings. The first-order valence-corrected chi connectivity index (χ1v) is 10.2. The van der Waals surface area contributed by atoms with Crippen LogP contribution in [0, 0.1) is 0 Å². The molecular formula is C23H23N6O+. The van der Waals surface area contributed by atoms with Crippen molar-refractivity contribution < 1.29 is 9.69 Å². The summed E-state index contributed by atoms with van der Waals surface area (Å²) in [5.74, 6) is 0.423. The molecule has 5 rings (SSSR count). The van der Waals surface area contributed by atoms with Crippen LogP contribution in [0.1, 0.15) is 17.8 Å². The van der Waals surface area contributed by atoms with Gasteiger partial charge in [0.1, 0.15) is 6.54 Å². The van der Waals surface area contributed by atoms with Crippen molar-refractivity contribution in [1.29, 1.82) is 0 Å². The predicted octanol–water partition coefficient (Wildman–Crippen LogP) is 1.26. The fourth-order valence-electron chi connectivity index (χ4n) is 4.11. The molecule has 4 aromatic rings. The van der Waals surface area contributed by atoms with Crippen molar-refractivity contribution in [2.24, 2.45) is 0 Å². The lowest BCUT2D eigenvalue weighted by Gasteiger charge is -2.13. The van der Waals surface area contributed by atoms with Crippen LogP contribution in [0.2, 0.25) is 0 Å². The number of nitrogens with one attached hydrogen (secondary N) is 2. The third-order valence-electron chi connectivity index (χ3n) is 5.59. The van der Waals surface area contributed by atoms with Crippen LogP contribution in [-0.4, -0.2) is 44.8 Å². The summed E-state index contributed by atoms with van der Waals surface area (Å²) in [5.41, 5.74) is 2.02. The van der Waals surface area contributed by atoms with Crippen LogP contribution in [0.5, 0.6) is 0 Å². The summed E-state index contributed by atoms with van der Waals surface area (Å²) in [6.07, 6.45) is 5.96. The second-order valence-corrected chi connectivity index (χ2v) is 7.72. The zero-order valence-corrected chi connectivity index (χ0v) is 16.5. The summed E-state index contributed by atoms with van der Waals surface area (Å²) in [7, 11) is 0. The van der Waals surface area contributed by atoms with Gasteiger partial charge in [-0.15, -0.1) is 10.2 Å². The van der Waals surface area contributed by atoms with Gasteiger partial charge in [0.2, 0.25) is 5.91 Å². The normalized spacial score (nSPS) is 19.1. The topological polar surface area (TPSA) is 76.6 Å². The van der Waals surface area contributed by atoms with E-state index < -0.39 is 0 Å². The third-order valence-corrected chi connectivity index (χ3v) is 5.59. The number of aromatic nitrogens is 4. The van der Waals surface area contributed by atoms with Crippen LogP contribution in [-0.2, 0) is 11.3 Å². The van der Waals surface area contributed by atoms with Crippen molar-refractivity contribution in [1.82, 2.24) is 25.1 Å². The standard InChI is InChI=1S/C23H22N6O/c30-22(25-19-12-13-28(16-19)15-17-6-2-1-3-7-17)11-10-21-26-27-23-20-9-5-4-8-18(20)14-24-29(21)23/h1-11,14,19H,12-13,15-16H2,(H,25,30)/p+1/b11-10+/t19-/m1/s1. The van der Waals surface area contributed by atoms with Gasteiger partial charge in [-0.25, -0.2) is 0 Å². The molecule has 2 N–H and O–H groups in total. The van der Waals surface area contributed by atoms with Gasteiger partial charge in [0.15, 0.2) is 11.5 Å². The van der Waals surface area contributed by atoms with E-state index in [0.29, 0.717) is 11.5 Å². The molecule has 30 heavy (non-hydrogen) atoms. The number of quaternary nitrogens is 1. The van der Waals surface area contributed by atoms with Crippen LogP contribution < -0.4 is 10.2 Å². The number of amides is 1. The molecule has 2 aromatic carbocycles. The average Bonchev–Trinajstić information content (AvgIpc) is 3.39. The first-order valence-electron chi connectivity index (χ1n) is 10.2. The summed E-state index contributed by atoms with van der Waals surface area (Å²) in [6, 6.07) is 18.6. The van der Waals surface area contributed by atoms with Crippen LogP contribution in [0.25, 0.3) is 22.5 Å². The maximum atomic E-state index is 12.4. The molecular weight excluding hydrogens is 376 g/mol. The summed E-state index contributed by atoms with van der Waals surface area (Å²) < 4.78 is 1.66. The van der Waals surface area contributed by atoms with E-state index in [4.69, 9.17) is 0 Å². The highest BCUT2D eigenvalue weighted by Crippen LogP contribution is 2.17. The van der Waals surface area contributed by atoms with E-state index in [1.165, 1.54) is 16.5 Å². The molecule has 0 aliphatic carbocycles. The summed E-state index contributed by atoms with van der Waals surface area (Å²) in [5, 5.41) is 17.9. The van der Waals surface area contributed by atoms with Gasteiger partial charge in [-0.05, 0) is 6.08 Å². The lowest BCUT2D eigenvalue weighted by atomic mass is 10.2. The molecule has 0 radical (unpaired) electrons. The smallest absolute Gasteiger partial charge is 0.244 e. The van der Waals surface area contributed by atoms with Crippen molar-refractivity contribution in [2.75, 3.05) is 13.1 Å². The number of rotatable bonds is 5. The van der Waals surface area contributed by atoms with E-state index in [-0.39, 0.29) is 11.9 Å². The van der Waals surface area contributed by atoms with Crippen molar-refractivity contribution in [2.45, 2.75) is 19.0 Å². The number of nitrogens with zero attached hydrogens (tertiary/aromatic N) is 4. The van der Waals surface area contributed by atoms with E-state index in [9.17, 15) is 4.79 Å². The number of hydrogen-bond acceptors (Lipinski definition) is 4. The molecule has 0 spiro atoms. The number of hydrogen-bond donors (Lipinski definition) is 2. The first kappa shape index (κ1) is 18.4. The van der Waals surface area contributed by atoms with Gasteiger partial charge >= 0.3 is 0 Å². The van der Waals surface area contributed by atoms with Crippen molar-refractivity contribution in [3.8, 4) is 0 Å². The summed E-state index contributed by atoms with van der Waals surface area (Å²) >= 11 is 0. The number of likely N-dealkylation sites (tertiary alicyclic amines) is 1. The minimum absolute atomic E-state index is 0.112. The van der Waals surface area contributed by atoms with E-state index in [1.807, 2.05) is 30.3 Å². The molecule has 3 heterocycles. The second kappa shape index (κ2) is 8.04. The minimum Gasteiger partial charge on any atom is -0.344 e. The fraction of sp³-hybridized carbons (Fsp3) is 0.217. The van der Waals surface area contributed by atoms with Gasteiger partial charge in [0, 0.05) is 28.8 Å². The molecule has 0 bridgehead atoms. The van der Waals surface area contributed by atoms with Crippen LogP contribution in [0.3, 0.4) is 0 Å².